The fourth-order valence-electron chi connectivity index (χ4n) is 7.40. The lowest BCUT2D eigenvalue weighted by molar-refractivity contribution is -0.291. The smallest absolute Gasteiger partial charge is 0.129 e. The van der Waals surface area contributed by atoms with Crippen LogP contribution in [0.15, 0.2) is 121 Å². The third kappa shape index (κ3) is 9.06. The highest BCUT2D eigenvalue weighted by Gasteiger charge is 2.76. The molecule has 0 unspecified atom stereocenters. The van der Waals surface area contributed by atoms with Crippen LogP contribution >= 0.6 is 0 Å². The van der Waals surface area contributed by atoms with Gasteiger partial charge < -0.3 is 28.4 Å². The molecular weight excluding hydrogens is 612 g/mol. The third-order valence-electron chi connectivity index (χ3n) is 9.93. The van der Waals surface area contributed by atoms with Gasteiger partial charge in [-0.1, -0.05) is 154 Å². The lowest BCUT2D eigenvalue weighted by Gasteiger charge is -2.47. The van der Waals surface area contributed by atoms with Gasteiger partial charge in [0, 0.05) is 13.0 Å². The standard InChI is InChI=1S/C43H52O6/c1-3-4-5-18-27-37-41(44-2)43(37)42(48-31-36-25-16-9-17-26-36)40(47-30-35-23-14-8-15-24-35)39(46-29-34-21-12-7-13-22-34)38(49-43)32-45-28-33-19-10-6-11-20-33/h6-17,19-26,37-42H,3-5,18,27-32H2,1-2H3/t37-,38-,39-,40+,41+,42-,43+/m1/s1. The molecule has 0 radical (unpaired) electrons. The molecular formula is C43H52O6. The Balaban J connectivity index is 1.34. The maximum Gasteiger partial charge on any atom is 0.129 e. The highest BCUT2D eigenvalue weighted by Crippen LogP contribution is 2.59. The molecule has 7 atom stereocenters. The topological polar surface area (TPSA) is 55.4 Å². The number of benzene rings is 4. The van der Waals surface area contributed by atoms with Gasteiger partial charge in [-0.15, -0.1) is 0 Å². The van der Waals surface area contributed by atoms with Gasteiger partial charge in [-0.25, -0.2) is 0 Å². The van der Waals surface area contributed by atoms with Gasteiger partial charge in [-0.2, -0.15) is 0 Å². The summed E-state index contributed by atoms with van der Waals surface area (Å²) in [6, 6.07) is 41.2. The second kappa shape index (κ2) is 18.0. The summed E-state index contributed by atoms with van der Waals surface area (Å²) in [6.07, 6.45) is 3.89. The Morgan fingerprint density at radius 2 is 1.04 bits per heavy atom. The average Bonchev–Trinajstić information content (AvgIpc) is 3.77. The predicted octanol–water partition coefficient (Wildman–Crippen LogP) is 8.71. The van der Waals surface area contributed by atoms with Crippen LogP contribution in [-0.2, 0) is 54.8 Å². The van der Waals surface area contributed by atoms with Crippen molar-refractivity contribution in [2.75, 3.05) is 13.7 Å². The first-order valence-electron chi connectivity index (χ1n) is 18.0. The van der Waals surface area contributed by atoms with Gasteiger partial charge >= 0.3 is 0 Å². The largest absolute Gasteiger partial charge is 0.378 e. The van der Waals surface area contributed by atoms with Crippen molar-refractivity contribution in [3.05, 3.63) is 144 Å². The van der Waals surface area contributed by atoms with Crippen LogP contribution < -0.4 is 0 Å². The molecule has 260 valence electrons. The maximum atomic E-state index is 7.30. The fraction of sp³-hybridized carbons (Fsp3) is 0.442. The van der Waals surface area contributed by atoms with E-state index in [-0.39, 0.29) is 12.0 Å². The zero-order valence-corrected chi connectivity index (χ0v) is 29.0. The second-order valence-electron chi connectivity index (χ2n) is 13.4. The van der Waals surface area contributed by atoms with Crippen molar-refractivity contribution in [2.45, 2.75) is 102 Å². The van der Waals surface area contributed by atoms with E-state index in [1.165, 1.54) is 19.3 Å². The number of rotatable bonds is 19. The molecule has 1 spiro atoms. The molecule has 0 amide bonds. The van der Waals surface area contributed by atoms with Crippen molar-refractivity contribution in [1.29, 1.82) is 0 Å². The number of methoxy groups -OCH3 is 1. The minimum absolute atomic E-state index is 0.121. The number of ether oxygens (including phenoxy) is 6. The quantitative estimate of drug-likeness (QED) is 0.0935. The summed E-state index contributed by atoms with van der Waals surface area (Å²) in [5.74, 6) is 0.171. The van der Waals surface area contributed by atoms with Crippen LogP contribution in [0.25, 0.3) is 0 Å². The second-order valence-corrected chi connectivity index (χ2v) is 13.4. The highest BCUT2D eigenvalue weighted by molar-refractivity contribution is 5.26. The van der Waals surface area contributed by atoms with Crippen molar-refractivity contribution < 1.29 is 28.4 Å². The SMILES string of the molecule is CCCCCC[C@@H]1[C@H](OC)[C@@]12O[C@H](COCc1ccccc1)[C@@H](OCc1ccccc1)[C@H](OCc1ccccc1)[C@H]2OCc1ccccc1. The van der Waals surface area contributed by atoms with Gasteiger partial charge in [0.2, 0.25) is 0 Å². The summed E-state index contributed by atoms with van der Waals surface area (Å²) in [5.41, 5.74) is 3.71. The summed E-state index contributed by atoms with van der Waals surface area (Å²) in [4.78, 5) is 0. The van der Waals surface area contributed by atoms with Crippen molar-refractivity contribution in [3.63, 3.8) is 0 Å². The van der Waals surface area contributed by atoms with Crippen LogP contribution in [0.4, 0.5) is 0 Å². The van der Waals surface area contributed by atoms with Crippen molar-refractivity contribution in [2.24, 2.45) is 5.92 Å². The first-order chi connectivity index (χ1) is 24.2. The molecule has 2 fully saturated rings. The number of hydrogen-bond donors (Lipinski definition) is 0. The van der Waals surface area contributed by atoms with E-state index in [0.29, 0.717) is 33.0 Å². The summed E-state index contributed by atoms with van der Waals surface area (Å²) in [5, 5.41) is 0. The van der Waals surface area contributed by atoms with Gasteiger partial charge in [0.25, 0.3) is 0 Å². The van der Waals surface area contributed by atoms with Gasteiger partial charge in [-0.05, 0) is 28.7 Å². The van der Waals surface area contributed by atoms with E-state index in [2.05, 4.69) is 55.5 Å². The van der Waals surface area contributed by atoms with Crippen molar-refractivity contribution in [3.8, 4) is 0 Å². The Hall–Kier alpha value is -3.36. The molecule has 1 aliphatic heterocycles. The summed E-state index contributed by atoms with van der Waals surface area (Å²) < 4.78 is 40.8. The van der Waals surface area contributed by atoms with Gasteiger partial charge in [-0.3, -0.25) is 0 Å². The normalized spacial score (nSPS) is 26.2. The molecule has 6 heteroatoms. The van der Waals surface area contributed by atoms with Gasteiger partial charge in [0.15, 0.2) is 0 Å². The molecule has 49 heavy (non-hydrogen) atoms. The maximum absolute atomic E-state index is 7.30. The van der Waals surface area contributed by atoms with E-state index >= 15 is 0 Å². The minimum atomic E-state index is -0.690. The number of unbranched alkanes of at least 4 members (excludes halogenated alkanes) is 3. The lowest BCUT2D eigenvalue weighted by atomic mass is 9.90. The van der Waals surface area contributed by atoms with Gasteiger partial charge in [0.1, 0.15) is 30.0 Å². The molecule has 1 aliphatic carbocycles. The average molecular weight is 665 g/mol. The zero-order chi connectivity index (χ0) is 33.7. The first-order valence-corrected chi connectivity index (χ1v) is 18.0. The molecule has 1 saturated carbocycles. The monoisotopic (exact) mass is 664 g/mol. The molecule has 0 aromatic heterocycles. The first kappa shape index (κ1) is 35.5. The fourth-order valence-corrected chi connectivity index (χ4v) is 7.40. The molecule has 0 N–H and O–H groups in total. The molecule has 1 heterocycles. The summed E-state index contributed by atoms with van der Waals surface area (Å²) in [6.45, 7) is 4.36. The van der Waals surface area contributed by atoms with E-state index in [1.54, 1.807) is 7.11 Å². The molecule has 0 bridgehead atoms. The van der Waals surface area contributed by atoms with E-state index in [0.717, 1.165) is 35.1 Å². The molecule has 6 rings (SSSR count). The summed E-state index contributed by atoms with van der Waals surface area (Å²) >= 11 is 0. The van der Waals surface area contributed by atoms with E-state index in [9.17, 15) is 0 Å². The van der Waals surface area contributed by atoms with Crippen LogP contribution in [0, 0.1) is 5.92 Å². The van der Waals surface area contributed by atoms with E-state index < -0.39 is 30.0 Å². The Bertz CT molecular complexity index is 1490. The lowest BCUT2D eigenvalue weighted by Crippen LogP contribution is -2.64. The van der Waals surface area contributed by atoms with E-state index in [4.69, 9.17) is 28.4 Å². The molecule has 6 nitrogen and oxygen atoms in total. The zero-order valence-electron chi connectivity index (χ0n) is 29.0. The van der Waals surface area contributed by atoms with Crippen LogP contribution in [0.1, 0.15) is 61.3 Å². The van der Waals surface area contributed by atoms with Gasteiger partial charge in [0.05, 0.1) is 39.1 Å². The predicted molar refractivity (Wildman–Crippen MR) is 192 cm³/mol. The Kier molecular flexibility index (Phi) is 13.1. The van der Waals surface area contributed by atoms with Crippen LogP contribution in [-0.4, -0.2) is 49.8 Å². The molecule has 1 saturated heterocycles. The highest BCUT2D eigenvalue weighted by atomic mass is 16.6. The molecule has 4 aromatic carbocycles. The van der Waals surface area contributed by atoms with Crippen LogP contribution in [0.2, 0.25) is 0 Å². The Morgan fingerprint density at radius 3 is 1.55 bits per heavy atom. The Labute approximate surface area is 292 Å². The van der Waals surface area contributed by atoms with Crippen molar-refractivity contribution >= 4 is 0 Å². The Morgan fingerprint density at radius 1 is 0.551 bits per heavy atom. The number of hydrogen-bond acceptors (Lipinski definition) is 6. The van der Waals surface area contributed by atoms with E-state index in [1.807, 2.05) is 72.8 Å². The molecule has 4 aromatic rings. The minimum Gasteiger partial charge on any atom is -0.378 e. The van der Waals surface area contributed by atoms with Crippen LogP contribution in [0.5, 0.6) is 0 Å². The molecule has 2 aliphatic rings. The summed E-state index contributed by atoms with van der Waals surface area (Å²) in [7, 11) is 1.80. The third-order valence-corrected chi connectivity index (χ3v) is 9.93. The van der Waals surface area contributed by atoms with Crippen molar-refractivity contribution in [1.82, 2.24) is 0 Å². The van der Waals surface area contributed by atoms with Crippen LogP contribution in [0.3, 0.4) is 0 Å².